The van der Waals surface area contributed by atoms with Crippen molar-refractivity contribution in [1.29, 1.82) is 0 Å². The lowest BCUT2D eigenvalue weighted by Crippen LogP contribution is -2.39. The van der Waals surface area contributed by atoms with Gasteiger partial charge >= 0.3 is 6.18 Å². The van der Waals surface area contributed by atoms with Crippen LogP contribution in [0.15, 0.2) is 48.5 Å². The largest absolute Gasteiger partial charge is 0.497 e. The Morgan fingerprint density at radius 1 is 0.848 bits per heavy atom. The summed E-state index contributed by atoms with van der Waals surface area (Å²) >= 11 is 0. The van der Waals surface area contributed by atoms with Crippen molar-refractivity contribution >= 4 is 11.8 Å². The van der Waals surface area contributed by atoms with Crippen LogP contribution in [0.2, 0.25) is 0 Å². The molecular weight excluding hydrogens is 437 g/mol. The van der Waals surface area contributed by atoms with Gasteiger partial charge < -0.3 is 19.3 Å². The van der Waals surface area contributed by atoms with Crippen molar-refractivity contribution in [3.8, 4) is 11.5 Å². The molecule has 2 amide bonds. The van der Waals surface area contributed by atoms with Crippen molar-refractivity contribution in [3.05, 3.63) is 59.7 Å². The van der Waals surface area contributed by atoms with Gasteiger partial charge in [0.15, 0.2) is 6.61 Å². The molecule has 0 bridgehead atoms. The molecule has 0 unspecified atom stereocenters. The summed E-state index contributed by atoms with van der Waals surface area (Å²) in [5.41, 5.74) is 0.279. The van der Waals surface area contributed by atoms with Gasteiger partial charge in [0.2, 0.25) is 5.91 Å². The molecule has 1 fully saturated rings. The average Bonchev–Trinajstić information content (AvgIpc) is 3.07. The van der Waals surface area contributed by atoms with Crippen molar-refractivity contribution < 1.29 is 32.2 Å². The Hall–Kier alpha value is -3.23. The summed E-state index contributed by atoms with van der Waals surface area (Å²) in [6.45, 7) is 1.64. The molecule has 2 aromatic rings. The first-order valence-electron chi connectivity index (χ1n) is 10.7. The topological polar surface area (TPSA) is 59.1 Å². The molecule has 0 spiro atoms. The summed E-state index contributed by atoms with van der Waals surface area (Å²) in [6.07, 6.45) is -2.75. The van der Waals surface area contributed by atoms with Crippen LogP contribution in [0.3, 0.4) is 0 Å². The Balaban J connectivity index is 1.43. The van der Waals surface area contributed by atoms with Gasteiger partial charge in [-0.1, -0.05) is 12.1 Å². The molecule has 1 aliphatic rings. The zero-order valence-electron chi connectivity index (χ0n) is 18.4. The van der Waals surface area contributed by atoms with E-state index in [1.165, 1.54) is 12.1 Å². The third kappa shape index (κ3) is 7.13. The number of carbonyl (C=O) groups excluding carboxylic acids is 2. The summed E-state index contributed by atoms with van der Waals surface area (Å²) in [5, 5.41) is 0. The first-order chi connectivity index (χ1) is 15.8. The minimum absolute atomic E-state index is 0.0427. The summed E-state index contributed by atoms with van der Waals surface area (Å²) in [7, 11) is 1.60. The van der Waals surface area contributed by atoms with E-state index in [9.17, 15) is 22.8 Å². The predicted molar refractivity (Wildman–Crippen MR) is 116 cm³/mol. The number of amides is 2. The van der Waals surface area contributed by atoms with Crippen LogP contribution >= 0.6 is 0 Å². The molecule has 0 radical (unpaired) electrons. The van der Waals surface area contributed by atoms with E-state index in [1.807, 2.05) is 24.3 Å². The fourth-order valence-corrected chi connectivity index (χ4v) is 3.59. The molecule has 178 valence electrons. The Labute approximate surface area is 190 Å². The number of methoxy groups -OCH3 is 1. The number of rotatable bonds is 7. The van der Waals surface area contributed by atoms with Crippen LogP contribution in [-0.2, 0) is 22.2 Å². The van der Waals surface area contributed by atoms with Gasteiger partial charge in [0, 0.05) is 32.6 Å². The summed E-state index contributed by atoms with van der Waals surface area (Å²) in [5.74, 6) is 0.745. The smallest absolute Gasteiger partial charge is 0.416 e. The molecule has 0 N–H and O–H groups in total. The molecular formula is C24H27F3N2O4. The van der Waals surface area contributed by atoms with E-state index in [1.54, 1.807) is 16.9 Å². The van der Waals surface area contributed by atoms with Crippen LogP contribution in [0.1, 0.15) is 24.0 Å². The Morgan fingerprint density at radius 3 is 2.00 bits per heavy atom. The van der Waals surface area contributed by atoms with Crippen LogP contribution in [0.25, 0.3) is 0 Å². The standard InChI is InChI=1S/C24H27F3N2O4/c1-32-20-8-3-18(4-9-20)5-12-22(30)28-13-2-14-29(16-15-28)23(31)17-33-21-10-6-19(7-11-21)24(25,26)27/h3-4,6-11H,2,5,12-17H2,1H3. The Bertz CT molecular complexity index is 930. The van der Waals surface area contributed by atoms with E-state index < -0.39 is 11.7 Å². The first kappa shape index (κ1) is 24.4. The lowest BCUT2D eigenvalue weighted by Gasteiger charge is -2.22. The fourth-order valence-electron chi connectivity index (χ4n) is 3.59. The van der Waals surface area contributed by atoms with Crippen molar-refractivity contribution in [3.63, 3.8) is 0 Å². The number of benzene rings is 2. The first-order valence-corrected chi connectivity index (χ1v) is 10.7. The highest BCUT2D eigenvalue weighted by Gasteiger charge is 2.30. The predicted octanol–water partition coefficient (Wildman–Crippen LogP) is 3.79. The quantitative estimate of drug-likeness (QED) is 0.626. The number of hydrogen-bond donors (Lipinski definition) is 0. The SMILES string of the molecule is COc1ccc(CCC(=O)N2CCCN(C(=O)COc3ccc(C(F)(F)F)cc3)CC2)cc1. The van der Waals surface area contributed by atoms with Gasteiger partial charge in [0.05, 0.1) is 12.7 Å². The zero-order valence-corrected chi connectivity index (χ0v) is 18.4. The second kappa shape index (κ2) is 11.1. The maximum absolute atomic E-state index is 12.6. The number of ether oxygens (including phenoxy) is 2. The number of hydrogen-bond acceptors (Lipinski definition) is 4. The normalized spacial score (nSPS) is 14.5. The third-order valence-corrected chi connectivity index (χ3v) is 5.53. The van der Waals surface area contributed by atoms with Gasteiger partial charge in [-0.15, -0.1) is 0 Å². The van der Waals surface area contributed by atoms with Gasteiger partial charge in [-0.05, 0) is 54.8 Å². The van der Waals surface area contributed by atoms with Crippen LogP contribution < -0.4 is 9.47 Å². The summed E-state index contributed by atoms with van der Waals surface area (Å²) < 4.78 is 48.4. The molecule has 1 saturated heterocycles. The third-order valence-electron chi connectivity index (χ3n) is 5.53. The molecule has 1 aliphatic heterocycles. The Kier molecular flexibility index (Phi) is 8.19. The Morgan fingerprint density at radius 2 is 1.42 bits per heavy atom. The van der Waals surface area contributed by atoms with Gasteiger partial charge in [-0.2, -0.15) is 13.2 Å². The summed E-state index contributed by atoms with van der Waals surface area (Å²) in [6, 6.07) is 11.8. The van der Waals surface area contributed by atoms with Crippen molar-refractivity contribution in [2.24, 2.45) is 0 Å². The number of alkyl halides is 3. The second-order valence-electron chi connectivity index (χ2n) is 7.77. The maximum Gasteiger partial charge on any atom is 0.416 e. The molecule has 0 aromatic heterocycles. The van der Waals surface area contributed by atoms with E-state index >= 15 is 0 Å². The molecule has 9 heteroatoms. The second-order valence-corrected chi connectivity index (χ2v) is 7.77. The van der Waals surface area contributed by atoms with Crippen LogP contribution in [0.4, 0.5) is 13.2 Å². The van der Waals surface area contributed by atoms with E-state index in [-0.39, 0.29) is 24.2 Å². The van der Waals surface area contributed by atoms with Gasteiger partial charge in [-0.25, -0.2) is 0 Å². The number of nitrogens with zero attached hydrogens (tertiary/aromatic N) is 2. The van der Waals surface area contributed by atoms with E-state index in [0.717, 1.165) is 23.4 Å². The molecule has 0 saturated carbocycles. The highest BCUT2D eigenvalue weighted by Crippen LogP contribution is 2.30. The monoisotopic (exact) mass is 464 g/mol. The molecule has 0 atom stereocenters. The van der Waals surface area contributed by atoms with Crippen LogP contribution in [0.5, 0.6) is 11.5 Å². The molecule has 1 heterocycles. The van der Waals surface area contributed by atoms with E-state index in [4.69, 9.17) is 9.47 Å². The minimum atomic E-state index is -4.42. The fraction of sp³-hybridized carbons (Fsp3) is 0.417. The van der Waals surface area contributed by atoms with Crippen LogP contribution in [0, 0.1) is 0 Å². The van der Waals surface area contributed by atoms with Crippen molar-refractivity contribution in [2.45, 2.75) is 25.4 Å². The molecule has 0 aliphatic carbocycles. The number of aryl methyl sites for hydroxylation is 1. The van der Waals surface area contributed by atoms with E-state index in [0.29, 0.717) is 45.4 Å². The van der Waals surface area contributed by atoms with Crippen molar-refractivity contribution in [2.75, 3.05) is 39.9 Å². The highest BCUT2D eigenvalue weighted by molar-refractivity contribution is 5.79. The lowest BCUT2D eigenvalue weighted by molar-refractivity contribution is -0.137. The van der Waals surface area contributed by atoms with Gasteiger partial charge in [-0.3, -0.25) is 9.59 Å². The molecule has 2 aromatic carbocycles. The summed E-state index contributed by atoms with van der Waals surface area (Å²) in [4.78, 5) is 28.5. The number of halogens is 3. The molecule has 33 heavy (non-hydrogen) atoms. The average molecular weight is 464 g/mol. The lowest BCUT2D eigenvalue weighted by atomic mass is 10.1. The molecule has 6 nitrogen and oxygen atoms in total. The van der Waals surface area contributed by atoms with Gasteiger partial charge in [0.25, 0.3) is 5.91 Å². The molecule has 3 rings (SSSR count). The van der Waals surface area contributed by atoms with E-state index in [2.05, 4.69) is 0 Å². The highest BCUT2D eigenvalue weighted by atomic mass is 19.4. The minimum Gasteiger partial charge on any atom is -0.497 e. The maximum atomic E-state index is 12.6. The zero-order chi connectivity index (χ0) is 23.8. The van der Waals surface area contributed by atoms with Gasteiger partial charge in [0.1, 0.15) is 11.5 Å². The van der Waals surface area contributed by atoms with Crippen LogP contribution in [-0.4, -0.2) is 61.5 Å². The van der Waals surface area contributed by atoms with Crippen molar-refractivity contribution in [1.82, 2.24) is 9.80 Å². The number of carbonyl (C=O) groups is 2.